The number of nitrogens with one attached hydrogen (secondary N) is 3. The summed E-state index contributed by atoms with van der Waals surface area (Å²) in [5, 5.41) is 9.26. The fourth-order valence-corrected chi connectivity index (χ4v) is 6.62. The number of halogens is 3. The molecule has 48 heavy (non-hydrogen) atoms. The summed E-state index contributed by atoms with van der Waals surface area (Å²) in [4.78, 5) is 12.7. The van der Waals surface area contributed by atoms with Gasteiger partial charge < -0.3 is 16.0 Å². The predicted molar refractivity (Wildman–Crippen MR) is 194 cm³/mol. The van der Waals surface area contributed by atoms with E-state index in [1.807, 2.05) is 79.7 Å². The van der Waals surface area contributed by atoms with Gasteiger partial charge in [0.25, 0.3) is 5.91 Å². The zero-order valence-corrected chi connectivity index (χ0v) is 29.4. The van der Waals surface area contributed by atoms with Crippen LogP contribution in [0.15, 0.2) is 85.1 Å². The Morgan fingerprint density at radius 1 is 0.792 bits per heavy atom. The Hall–Kier alpha value is -3.58. The highest BCUT2D eigenvalue weighted by Gasteiger charge is 2.45. The molecule has 262 valence electrons. The third-order valence-corrected chi connectivity index (χ3v) is 9.33. The predicted octanol–water partition coefficient (Wildman–Crippen LogP) is 10.3. The first-order valence-electron chi connectivity index (χ1n) is 17.9. The molecule has 4 nitrogen and oxygen atoms in total. The van der Waals surface area contributed by atoms with Crippen LogP contribution < -0.4 is 16.0 Å². The largest absolute Gasteiger partial charge is 0.405 e. The molecule has 1 aliphatic rings. The van der Waals surface area contributed by atoms with Crippen LogP contribution in [0.3, 0.4) is 0 Å². The molecule has 1 amide bonds. The molecule has 3 N–H and O–H groups in total. The average molecular weight is 664 g/mol. The average Bonchev–Trinajstić information content (AvgIpc) is 3.37. The van der Waals surface area contributed by atoms with Gasteiger partial charge in [0.2, 0.25) is 0 Å². The van der Waals surface area contributed by atoms with Crippen molar-refractivity contribution in [3.8, 4) is 11.1 Å². The van der Waals surface area contributed by atoms with Crippen molar-refractivity contribution in [3.63, 3.8) is 0 Å². The molecule has 4 rings (SSSR count). The molecule has 0 aliphatic heterocycles. The Kier molecular flexibility index (Phi) is 15.7. The lowest BCUT2D eigenvalue weighted by Gasteiger charge is -2.35. The van der Waals surface area contributed by atoms with E-state index in [1.165, 1.54) is 32.1 Å². The van der Waals surface area contributed by atoms with Crippen molar-refractivity contribution in [2.45, 2.75) is 110 Å². The second-order valence-corrected chi connectivity index (χ2v) is 12.9. The van der Waals surface area contributed by atoms with Crippen molar-refractivity contribution >= 4 is 5.91 Å². The number of unbranched alkanes of at least 4 members (excludes halogenated alkanes) is 5. The molecule has 0 radical (unpaired) electrons. The normalized spacial score (nSPS) is 13.5. The van der Waals surface area contributed by atoms with Crippen LogP contribution in [0.25, 0.3) is 11.1 Å². The van der Waals surface area contributed by atoms with Gasteiger partial charge in [-0.25, -0.2) is 0 Å². The molecule has 0 saturated heterocycles. The number of rotatable bonds is 18. The number of carbonyl (C=O) groups excluding carboxylic acids is 1. The molecule has 0 heterocycles. The Bertz CT molecular complexity index is 1380. The molecule has 0 spiro atoms. The van der Waals surface area contributed by atoms with Gasteiger partial charge in [-0.05, 0) is 79.6 Å². The Labute approximate surface area is 287 Å². The van der Waals surface area contributed by atoms with E-state index >= 15 is 0 Å². The van der Waals surface area contributed by atoms with Gasteiger partial charge in [-0.3, -0.25) is 4.79 Å². The third kappa shape index (κ3) is 10.7. The number of amides is 1. The van der Waals surface area contributed by atoms with Crippen molar-refractivity contribution in [1.29, 1.82) is 0 Å². The number of carbonyl (C=O) groups is 1. The molecular weight excluding hydrogens is 607 g/mol. The summed E-state index contributed by atoms with van der Waals surface area (Å²) in [5.41, 5.74) is 5.42. The van der Waals surface area contributed by atoms with Gasteiger partial charge in [-0.15, -0.1) is 0 Å². The van der Waals surface area contributed by atoms with Gasteiger partial charge in [0, 0.05) is 17.3 Å². The van der Waals surface area contributed by atoms with Gasteiger partial charge in [-0.1, -0.05) is 133 Å². The lowest BCUT2D eigenvalue weighted by molar-refractivity contribution is -0.123. The van der Waals surface area contributed by atoms with Crippen LogP contribution in [-0.4, -0.2) is 37.8 Å². The third-order valence-electron chi connectivity index (χ3n) is 9.33. The second kappa shape index (κ2) is 19.4. The van der Waals surface area contributed by atoms with Crippen LogP contribution >= 0.6 is 0 Å². The van der Waals surface area contributed by atoms with Crippen LogP contribution in [0.4, 0.5) is 13.2 Å². The van der Waals surface area contributed by atoms with Gasteiger partial charge in [-0.2, -0.15) is 13.2 Å². The zero-order chi connectivity index (χ0) is 35.0. The van der Waals surface area contributed by atoms with Crippen molar-refractivity contribution in [2.75, 3.05) is 19.6 Å². The van der Waals surface area contributed by atoms with Crippen molar-refractivity contribution in [2.24, 2.45) is 0 Å². The lowest BCUT2D eigenvalue weighted by Crippen LogP contribution is -2.39. The van der Waals surface area contributed by atoms with Crippen molar-refractivity contribution in [1.82, 2.24) is 16.0 Å². The minimum atomic E-state index is -4.33. The Morgan fingerprint density at radius 2 is 1.38 bits per heavy atom. The highest BCUT2D eigenvalue weighted by Crippen LogP contribution is 2.54. The summed E-state index contributed by atoms with van der Waals surface area (Å²) in [6.45, 7) is 13.1. The Morgan fingerprint density at radius 3 is 1.94 bits per heavy atom. The topological polar surface area (TPSA) is 53.2 Å². The van der Waals surface area contributed by atoms with Crippen LogP contribution in [0.5, 0.6) is 0 Å². The van der Waals surface area contributed by atoms with Crippen LogP contribution in [0, 0.1) is 6.92 Å². The summed E-state index contributed by atoms with van der Waals surface area (Å²) in [7, 11) is 0. The number of aryl methyl sites for hydroxylation is 1. The molecule has 0 aromatic heterocycles. The van der Waals surface area contributed by atoms with Gasteiger partial charge in [0.15, 0.2) is 0 Å². The summed E-state index contributed by atoms with van der Waals surface area (Å²) in [6.07, 6.45) is 6.66. The number of benzene rings is 3. The maximum Gasteiger partial charge on any atom is 0.405 e. The van der Waals surface area contributed by atoms with Crippen molar-refractivity contribution in [3.05, 3.63) is 107 Å². The molecule has 7 heteroatoms. The van der Waals surface area contributed by atoms with E-state index in [0.29, 0.717) is 17.7 Å². The molecule has 0 fully saturated rings. The SMILES string of the molecule is C=C(NCC(F)(F)F)C1(CCCCNCCC(CC)NC(=O)c2ccccc2C)c2ccccc2-c2ccccc21.CCCCCCC. The van der Waals surface area contributed by atoms with E-state index in [1.54, 1.807) is 0 Å². The molecule has 3 aromatic carbocycles. The second-order valence-electron chi connectivity index (χ2n) is 12.9. The van der Waals surface area contributed by atoms with Gasteiger partial charge in [0.1, 0.15) is 6.54 Å². The number of fused-ring (bicyclic) bond motifs is 3. The number of alkyl halides is 3. The Balaban J connectivity index is 0.000000804. The van der Waals surface area contributed by atoms with Crippen LogP contribution in [0.2, 0.25) is 0 Å². The van der Waals surface area contributed by atoms with E-state index in [-0.39, 0.29) is 11.9 Å². The molecule has 1 unspecified atom stereocenters. The standard InChI is InChI=1S/C34H40F3N3O.C7H16/c1-4-26(40-32(41)27-14-6-5-13-24(27)2)19-22-38-21-12-11-20-33(25(3)39-23-34(35,36)37)30-17-9-7-15-28(30)29-16-8-10-18-31(29)33;1-3-5-7-6-4-2/h5-10,13-18,26,38-39H,3-4,11-12,19-23H2,1-2H3,(H,40,41);3-7H2,1-2H3. The first-order chi connectivity index (χ1) is 23.1. The maximum absolute atomic E-state index is 13.2. The molecule has 1 atom stereocenters. The minimum absolute atomic E-state index is 0.0447. The smallest absolute Gasteiger partial charge is 0.379 e. The number of hydrogen-bond acceptors (Lipinski definition) is 3. The first-order valence-corrected chi connectivity index (χ1v) is 17.9. The summed E-state index contributed by atoms with van der Waals surface area (Å²) in [6, 6.07) is 23.6. The molecule has 0 saturated carbocycles. The fraction of sp³-hybridized carbons (Fsp3) is 0.488. The molecule has 0 bridgehead atoms. The lowest BCUT2D eigenvalue weighted by atomic mass is 9.72. The van der Waals surface area contributed by atoms with E-state index in [0.717, 1.165) is 66.6 Å². The highest BCUT2D eigenvalue weighted by atomic mass is 19.4. The van der Waals surface area contributed by atoms with E-state index in [9.17, 15) is 18.0 Å². The minimum Gasteiger partial charge on any atom is -0.379 e. The van der Waals surface area contributed by atoms with E-state index in [4.69, 9.17) is 0 Å². The fourth-order valence-electron chi connectivity index (χ4n) is 6.62. The van der Waals surface area contributed by atoms with E-state index < -0.39 is 18.1 Å². The van der Waals surface area contributed by atoms with Crippen molar-refractivity contribution < 1.29 is 18.0 Å². The summed E-state index contributed by atoms with van der Waals surface area (Å²) < 4.78 is 39.5. The number of hydrogen-bond donors (Lipinski definition) is 3. The summed E-state index contributed by atoms with van der Waals surface area (Å²) >= 11 is 0. The summed E-state index contributed by atoms with van der Waals surface area (Å²) in [5.74, 6) is -0.0447. The number of allylic oxidation sites excluding steroid dienone is 1. The zero-order valence-electron chi connectivity index (χ0n) is 29.4. The van der Waals surface area contributed by atoms with E-state index in [2.05, 4.69) is 43.3 Å². The molecule has 3 aromatic rings. The molecule has 1 aliphatic carbocycles. The van der Waals surface area contributed by atoms with Crippen LogP contribution in [-0.2, 0) is 5.41 Å². The maximum atomic E-state index is 13.2. The van der Waals surface area contributed by atoms with Gasteiger partial charge >= 0.3 is 6.18 Å². The highest BCUT2D eigenvalue weighted by molar-refractivity contribution is 5.95. The quantitative estimate of drug-likeness (QED) is 0.119. The molecular formula is C41H56F3N3O. The first kappa shape index (κ1) is 38.9. The van der Waals surface area contributed by atoms with Gasteiger partial charge in [0.05, 0.1) is 5.41 Å². The monoisotopic (exact) mass is 663 g/mol. The van der Waals surface area contributed by atoms with Crippen LogP contribution in [0.1, 0.15) is 112 Å².